The Bertz CT molecular complexity index is 855. The molecular formula is C24H38N6O3. The number of rotatable bonds is 7. The van der Waals surface area contributed by atoms with Crippen LogP contribution in [0.2, 0.25) is 0 Å². The van der Waals surface area contributed by atoms with Crippen LogP contribution >= 0.6 is 0 Å². The van der Waals surface area contributed by atoms with Crippen LogP contribution < -0.4 is 5.32 Å². The number of likely N-dealkylation sites (tertiary alicyclic amines) is 2. The smallest absolute Gasteiger partial charge is 0.274 e. The molecular weight excluding hydrogens is 420 g/mol. The lowest BCUT2D eigenvalue weighted by Crippen LogP contribution is -2.40. The minimum Gasteiger partial charge on any atom is -0.355 e. The second kappa shape index (κ2) is 11.1. The van der Waals surface area contributed by atoms with Gasteiger partial charge in [-0.25, -0.2) is 0 Å². The molecule has 1 aromatic heterocycles. The van der Waals surface area contributed by atoms with E-state index in [1.165, 1.54) is 19.3 Å². The zero-order valence-corrected chi connectivity index (χ0v) is 20.0. The molecule has 3 aliphatic rings. The number of nitrogens with zero attached hydrogens (tertiary/aromatic N) is 5. The van der Waals surface area contributed by atoms with Gasteiger partial charge in [-0.3, -0.25) is 19.1 Å². The number of hydrogen-bond donors (Lipinski definition) is 1. The van der Waals surface area contributed by atoms with Gasteiger partial charge in [0.25, 0.3) is 5.91 Å². The van der Waals surface area contributed by atoms with Crippen molar-refractivity contribution in [3.8, 4) is 0 Å². The van der Waals surface area contributed by atoms with Crippen molar-refractivity contribution in [1.29, 1.82) is 0 Å². The van der Waals surface area contributed by atoms with E-state index in [1.807, 2.05) is 11.9 Å². The molecule has 0 radical (unpaired) electrons. The second-order valence-corrected chi connectivity index (χ2v) is 9.57. The summed E-state index contributed by atoms with van der Waals surface area (Å²) < 4.78 is 1.80. The van der Waals surface area contributed by atoms with Crippen molar-refractivity contribution in [2.75, 3.05) is 45.8 Å². The second-order valence-electron chi connectivity index (χ2n) is 9.57. The highest BCUT2D eigenvalue weighted by atomic mass is 16.2. The highest BCUT2D eigenvalue weighted by molar-refractivity contribution is 5.94. The summed E-state index contributed by atoms with van der Waals surface area (Å²) in [5.41, 5.74) is 2.40. The number of amides is 3. The molecule has 4 heterocycles. The van der Waals surface area contributed by atoms with Gasteiger partial charge < -0.3 is 20.0 Å². The standard InChI is InChI=1S/C24H38N6O3/c1-27-20-10-16-30(18-19(20)23(26-27)24(33)29-14-6-3-7-15-29)22(32)9-8-21(31)25-11-17-28-12-4-2-5-13-28/h2-18H2,1H3,(H,25,31). The van der Waals surface area contributed by atoms with Crippen molar-refractivity contribution < 1.29 is 14.4 Å². The van der Waals surface area contributed by atoms with E-state index < -0.39 is 0 Å². The van der Waals surface area contributed by atoms with Gasteiger partial charge >= 0.3 is 0 Å². The van der Waals surface area contributed by atoms with E-state index in [0.717, 1.165) is 63.2 Å². The van der Waals surface area contributed by atoms with Crippen LogP contribution in [0.4, 0.5) is 0 Å². The van der Waals surface area contributed by atoms with Gasteiger partial charge in [0.2, 0.25) is 11.8 Å². The monoisotopic (exact) mass is 458 g/mol. The van der Waals surface area contributed by atoms with Gasteiger partial charge in [-0.2, -0.15) is 5.10 Å². The fourth-order valence-corrected chi connectivity index (χ4v) is 5.23. The Balaban J connectivity index is 1.26. The van der Waals surface area contributed by atoms with E-state index in [2.05, 4.69) is 15.3 Å². The molecule has 3 amide bonds. The fourth-order valence-electron chi connectivity index (χ4n) is 5.23. The third-order valence-corrected chi connectivity index (χ3v) is 7.21. The molecule has 3 aliphatic heterocycles. The Kier molecular flexibility index (Phi) is 8.01. The quantitative estimate of drug-likeness (QED) is 0.665. The number of nitrogens with one attached hydrogen (secondary N) is 1. The average molecular weight is 459 g/mol. The van der Waals surface area contributed by atoms with Gasteiger partial charge in [0.15, 0.2) is 5.69 Å². The largest absolute Gasteiger partial charge is 0.355 e. The maximum Gasteiger partial charge on any atom is 0.274 e. The van der Waals surface area contributed by atoms with Crippen molar-refractivity contribution >= 4 is 17.7 Å². The van der Waals surface area contributed by atoms with Gasteiger partial charge in [-0.05, 0) is 45.2 Å². The van der Waals surface area contributed by atoms with E-state index in [0.29, 0.717) is 31.7 Å². The molecule has 33 heavy (non-hydrogen) atoms. The summed E-state index contributed by atoms with van der Waals surface area (Å²) in [6, 6.07) is 0. The van der Waals surface area contributed by atoms with E-state index in [1.54, 1.807) is 9.58 Å². The minimum atomic E-state index is -0.0691. The predicted molar refractivity (Wildman–Crippen MR) is 125 cm³/mol. The van der Waals surface area contributed by atoms with Crippen LogP contribution in [0.3, 0.4) is 0 Å². The lowest BCUT2D eigenvalue weighted by Gasteiger charge is -2.29. The van der Waals surface area contributed by atoms with Crippen molar-refractivity contribution in [3.63, 3.8) is 0 Å². The molecule has 1 aromatic rings. The normalized spacial score (nSPS) is 19.3. The lowest BCUT2D eigenvalue weighted by atomic mass is 10.0. The summed E-state index contributed by atoms with van der Waals surface area (Å²) in [5, 5.41) is 7.48. The van der Waals surface area contributed by atoms with Crippen molar-refractivity contribution in [2.45, 2.75) is 64.3 Å². The van der Waals surface area contributed by atoms with Gasteiger partial charge in [-0.1, -0.05) is 6.42 Å². The molecule has 0 aromatic carbocycles. The van der Waals surface area contributed by atoms with Crippen LogP contribution in [0.1, 0.15) is 73.1 Å². The van der Waals surface area contributed by atoms with Crippen molar-refractivity contribution in [1.82, 2.24) is 29.8 Å². The molecule has 2 saturated heterocycles. The fraction of sp³-hybridized carbons (Fsp3) is 0.750. The van der Waals surface area contributed by atoms with Crippen molar-refractivity contribution in [3.05, 3.63) is 17.0 Å². The molecule has 0 unspecified atom stereocenters. The highest BCUT2D eigenvalue weighted by Crippen LogP contribution is 2.25. The van der Waals surface area contributed by atoms with Crippen LogP contribution in [-0.2, 0) is 29.6 Å². The Morgan fingerprint density at radius 3 is 2.30 bits per heavy atom. The van der Waals surface area contributed by atoms with E-state index in [9.17, 15) is 14.4 Å². The molecule has 4 rings (SSSR count). The first-order valence-corrected chi connectivity index (χ1v) is 12.6. The van der Waals surface area contributed by atoms with E-state index >= 15 is 0 Å². The van der Waals surface area contributed by atoms with Crippen LogP contribution in [-0.4, -0.2) is 88.0 Å². The maximum atomic E-state index is 13.1. The molecule has 0 saturated carbocycles. The Morgan fingerprint density at radius 1 is 0.879 bits per heavy atom. The summed E-state index contributed by atoms with van der Waals surface area (Å²) in [4.78, 5) is 44.2. The van der Waals surface area contributed by atoms with Crippen LogP contribution in [0, 0.1) is 0 Å². The number of aryl methyl sites for hydroxylation is 1. The molecule has 0 bridgehead atoms. The number of piperidine rings is 2. The topological polar surface area (TPSA) is 90.8 Å². The summed E-state index contributed by atoms with van der Waals surface area (Å²) in [7, 11) is 1.87. The molecule has 9 heteroatoms. The van der Waals surface area contributed by atoms with E-state index in [-0.39, 0.29) is 30.6 Å². The summed E-state index contributed by atoms with van der Waals surface area (Å²) in [5.74, 6) is -0.124. The van der Waals surface area contributed by atoms with Gasteiger partial charge in [-0.15, -0.1) is 0 Å². The first-order chi connectivity index (χ1) is 16.0. The summed E-state index contributed by atoms with van der Waals surface area (Å²) in [6.07, 6.45) is 8.09. The van der Waals surface area contributed by atoms with Crippen LogP contribution in [0.15, 0.2) is 0 Å². The zero-order chi connectivity index (χ0) is 23.2. The van der Waals surface area contributed by atoms with Gasteiger partial charge in [0.1, 0.15) is 0 Å². The van der Waals surface area contributed by atoms with Crippen LogP contribution in [0.25, 0.3) is 0 Å². The SMILES string of the molecule is Cn1nc(C(=O)N2CCCCC2)c2c1CCN(C(=O)CCC(=O)NCCN1CCCCC1)C2. The summed E-state index contributed by atoms with van der Waals surface area (Å²) >= 11 is 0. The number of aromatic nitrogens is 2. The van der Waals surface area contributed by atoms with E-state index in [4.69, 9.17) is 0 Å². The Hall–Kier alpha value is -2.42. The Morgan fingerprint density at radius 2 is 1.58 bits per heavy atom. The van der Waals surface area contributed by atoms with Crippen molar-refractivity contribution in [2.24, 2.45) is 7.05 Å². The molecule has 2 fully saturated rings. The zero-order valence-electron chi connectivity index (χ0n) is 20.0. The van der Waals surface area contributed by atoms with Gasteiger partial charge in [0, 0.05) is 76.8 Å². The van der Waals surface area contributed by atoms with Crippen LogP contribution in [0.5, 0.6) is 0 Å². The maximum absolute atomic E-state index is 13.1. The molecule has 0 atom stereocenters. The number of carbonyl (C=O) groups is 3. The number of hydrogen-bond acceptors (Lipinski definition) is 5. The predicted octanol–water partition coefficient (Wildman–Crippen LogP) is 1.31. The molecule has 9 nitrogen and oxygen atoms in total. The molecule has 1 N–H and O–H groups in total. The number of carbonyl (C=O) groups excluding carboxylic acids is 3. The Labute approximate surface area is 196 Å². The molecule has 0 aliphatic carbocycles. The molecule has 182 valence electrons. The van der Waals surface area contributed by atoms with Gasteiger partial charge in [0.05, 0.1) is 0 Å². The number of fused-ring (bicyclic) bond motifs is 1. The average Bonchev–Trinajstić information content (AvgIpc) is 3.19. The lowest BCUT2D eigenvalue weighted by molar-refractivity contribution is -0.134. The highest BCUT2D eigenvalue weighted by Gasteiger charge is 2.31. The summed E-state index contributed by atoms with van der Waals surface area (Å²) in [6.45, 7) is 6.29. The third kappa shape index (κ3) is 5.93. The minimum absolute atomic E-state index is 0.0195. The molecule has 0 spiro atoms. The third-order valence-electron chi connectivity index (χ3n) is 7.21. The first kappa shape index (κ1) is 23.7. The first-order valence-electron chi connectivity index (χ1n) is 12.6.